The molecule has 1 N–H and O–H groups in total. The van der Waals surface area contributed by atoms with E-state index in [-0.39, 0.29) is 11.4 Å². The molecule has 3 aromatic rings. The molecule has 0 saturated heterocycles. The van der Waals surface area contributed by atoms with E-state index in [4.69, 9.17) is 21.4 Å². The first-order valence-electron chi connectivity index (χ1n) is 7.00. The van der Waals surface area contributed by atoms with Gasteiger partial charge in [0.15, 0.2) is 0 Å². The number of ether oxygens (including phenoxy) is 1. The molecule has 6 nitrogen and oxygen atoms in total. The van der Waals surface area contributed by atoms with Crippen molar-refractivity contribution >= 4 is 34.4 Å². The molecule has 0 radical (unpaired) electrons. The molecule has 3 rings (SSSR count). The van der Waals surface area contributed by atoms with Crippen molar-refractivity contribution in [1.82, 2.24) is 14.9 Å². The summed E-state index contributed by atoms with van der Waals surface area (Å²) in [4.78, 5) is 0. The Morgan fingerprint density at radius 3 is 2.80 bits per heavy atom. The number of hydrogen-bond acceptors (Lipinski definition) is 5. The van der Waals surface area contributed by atoms with Gasteiger partial charge >= 0.3 is 0 Å². The minimum Gasteiger partial charge on any atom is -0.486 e. The summed E-state index contributed by atoms with van der Waals surface area (Å²) >= 11 is 8.21. The topological polar surface area (TPSA) is 68.3 Å². The first kappa shape index (κ1) is 17.5. The third-order valence-corrected chi connectivity index (χ3v) is 3.84. The summed E-state index contributed by atoms with van der Waals surface area (Å²) in [7, 11) is 0. The lowest BCUT2D eigenvalue weighted by Crippen LogP contribution is -1.99. The number of furan rings is 1. The number of rotatable bonds is 6. The number of aromatic amines is 1. The minimum atomic E-state index is -2.79. The molecule has 2 aromatic heterocycles. The molecule has 0 saturated carbocycles. The fourth-order valence-corrected chi connectivity index (χ4v) is 2.35. The van der Waals surface area contributed by atoms with Crippen molar-refractivity contribution in [1.29, 1.82) is 0 Å². The van der Waals surface area contributed by atoms with Crippen LogP contribution in [0.2, 0.25) is 0 Å². The molecular formula is C15H11BrF2N4O2S. The standard InChI is InChI=1S/C15H11BrF2N4O2S/c16-9-1-3-10(4-2-9)23-8-12-6-5-11(24-12)7-19-22-14(13(17)18)20-21-15(22)25/h1-7,13H,8H2,(H,21,25)/b19-7+. The van der Waals surface area contributed by atoms with Crippen molar-refractivity contribution in [2.45, 2.75) is 13.0 Å². The van der Waals surface area contributed by atoms with E-state index in [1.165, 1.54) is 6.21 Å². The number of nitrogens with one attached hydrogen (secondary N) is 1. The van der Waals surface area contributed by atoms with Gasteiger partial charge in [0.2, 0.25) is 10.6 Å². The Hall–Kier alpha value is -2.33. The summed E-state index contributed by atoms with van der Waals surface area (Å²) in [5.74, 6) is 1.07. The highest BCUT2D eigenvalue weighted by atomic mass is 79.9. The number of benzene rings is 1. The van der Waals surface area contributed by atoms with Gasteiger partial charge in [-0.25, -0.2) is 13.9 Å². The first-order valence-corrected chi connectivity index (χ1v) is 8.20. The van der Waals surface area contributed by atoms with E-state index in [9.17, 15) is 8.78 Å². The molecule has 130 valence electrons. The van der Waals surface area contributed by atoms with Crippen LogP contribution in [-0.2, 0) is 6.61 Å². The van der Waals surface area contributed by atoms with Crippen molar-refractivity contribution in [3.05, 3.63) is 63.0 Å². The highest BCUT2D eigenvalue weighted by Gasteiger charge is 2.16. The third-order valence-electron chi connectivity index (χ3n) is 3.05. The maximum absolute atomic E-state index is 12.8. The molecule has 0 unspecified atom stereocenters. The quantitative estimate of drug-likeness (QED) is 0.456. The second-order valence-corrected chi connectivity index (χ2v) is 6.09. The number of aromatic nitrogens is 3. The monoisotopic (exact) mass is 428 g/mol. The summed E-state index contributed by atoms with van der Waals surface area (Å²) in [6.45, 7) is 0.225. The average Bonchev–Trinajstić information content (AvgIpc) is 3.19. The van der Waals surface area contributed by atoms with Crippen LogP contribution in [0.3, 0.4) is 0 Å². The smallest absolute Gasteiger partial charge is 0.299 e. The van der Waals surface area contributed by atoms with Gasteiger partial charge in [0.05, 0.1) is 6.21 Å². The van der Waals surface area contributed by atoms with Crippen LogP contribution in [0.1, 0.15) is 23.8 Å². The Kier molecular flexibility index (Phi) is 5.39. The van der Waals surface area contributed by atoms with Crippen LogP contribution in [0.4, 0.5) is 8.78 Å². The lowest BCUT2D eigenvalue weighted by molar-refractivity contribution is 0.136. The van der Waals surface area contributed by atoms with Crippen LogP contribution in [0.15, 0.2) is 50.4 Å². The van der Waals surface area contributed by atoms with Crippen molar-refractivity contribution in [2.24, 2.45) is 5.10 Å². The van der Waals surface area contributed by atoms with Gasteiger partial charge in [-0.1, -0.05) is 15.9 Å². The van der Waals surface area contributed by atoms with Gasteiger partial charge in [-0.05, 0) is 48.6 Å². The van der Waals surface area contributed by atoms with E-state index in [0.29, 0.717) is 17.3 Å². The normalized spacial score (nSPS) is 11.5. The molecule has 0 aliphatic heterocycles. The zero-order chi connectivity index (χ0) is 17.8. The third kappa shape index (κ3) is 4.40. The van der Waals surface area contributed by atoms with Crippen molar-refractivity contribution < 1.29 is 17.9 Å². The molecule has 0 aliphatic carbocycles. The number of alkyl halides is 2. The Bertz CT molecular complexity index is 934. The fourth-order valence-electron chi connectivity index (χ4n) is 1.90. The molecule has 10 heteroatoms. The van der Waals surface area contributed by atoms with Crippen LogP contribution >= 0.6 is 28.1 Å². The van der Waals surface area contributed by atoms with Crippen LogP contribution in [0.25, 0.3) is 0 Å². The van der Waals surface area contributed by atoms with Gasteiger partial charge in [-0.2, -0.15) is 14.9 Å². The van der Waals surface area contributed by atoms with E-state index < -0.39 is 12.2 Å². The van der Waals surface area contributed by atoms with E-state index in [0.717, 1.165) is 9.15 Å². The van der Waals surface area contributed by atoms with Gasteiger partial charge in [0.1, 0.15) is 23.9 Å². The van der Waals surface area contributed by atoms with E-state index in [2.05, 4.69) is 31.2 Å². The maximum atomic E-state index is 12.8. The maximum Gasteiger partial charge on any atom is 0.299 e. The molecule has 0 atom stereocenters. The van der Waals surface area contributed by atoms with Gasteiger partial charge in [0.25, 0.3) is 6.43 Å². The zero-order valence-electron chi connectivity index (χ0n) is 12.5. The van der Waals surface area contributed by atoms with Crippen molar-refractivity contribution in [3.63, 3.8) is 0 Å². The second-order valence-electron chi connectivity index (χ2n) is 4.79. The first-order chi connectivity index (χ1) is 12.0. The fraction of sp³-hybridized carbons (Fsp3) is 0.133. The molecule has 0 amide bonds. The predicted molar refractivity (Wildman–Crippen MR) is 92.5 cm³/mol. The van der Waals surface area contributed by atoms with Gasteiger partial charge < -0.3 is 9.15 Å². The van der Waals surface area contributed by atoms with Gasteiger partial charge in [-0.15, -0.1) is 0 Å². The summed E-state index contributed by atoms with van der Waals surface area (Å²) in [6.07, 6.45) is -1.52. The van der Waals surface area contributed by atoms with E-state index in [1.54, 1.807) is 12.1 Å². The van der Waals surface area contributed by atoms with Gasteiger partial charge in [0, 0.05) is 4.47 Å². The van der Waals surface area contributed by atoms with Crippen LogP contribution < -0.4 is 4.74 Å². The molecule has 2 heterocycles. The Labute approximate surface area is 154 Å². The lowest BCUT2D eigenvalue weighted by Gasteiger charge is -2.03. The lowest BCUT2D eigenvalue weighted by atomic mass is 10.3. The highest BCUT2D eigenvalue weighted by molar-refractivity contribution is 9.10. The number of hydrogen-bond donors (Lipinski definition) is 1. The Balaban J connectivity index is 1.66. The van der Waals surface area contributed by atoms with Crippen LogP contribution in [0.5, 0.6) is 5.75 Å². The molecule has 0 fully saturated rings. The van der Waals surface area contributed by atoms with Crippen molar-refractivity contribution in [3.8, 4) is 5.75 Å². The summed E-state index contributed by atoms with van der Waals surface area (Å²) in [6, 6.07) is 10.7. The Morgan fingerprint density at radius 1 is 1.32 bits per heavy atom. The Morgan fingerprint density at radius 2 is 2.08 bits per heavy atom. The van der Waals surface area contributed by atoms with Crippen LogP contribution in [-0.4, -0.2) is 21.1 Å². The largest absolute Gasteiger partial charge is 0.486 e. The molecule has 25 heavy (non-hydrogen) atoms. The SMILES string of the molecule is FC(F)c1n[nH]c(=S)n1/N=C/c1ccc(COc2ccc(Br)cc2)o1. The predicted octanol–water partition coefficient (Wildman–Crippen LogP) is 4.69. The molecule has 0 spiro atoms. The summed E-state index contributed by atoms with van der Waals surface area (Å²) < 4.78 is 38.5. The molecule has 0 bridgehead atoms. The van der Waals surface area contributed by atoms with Gasteiger partial charge in [-0.3, -0.25) is 0 Å². The summed E-state index contributed by atoms with van der Waals surface area (Å²) in [5, 5.41) is 9.57. The summed E-state index contributed by atoms with van der Waals surface area (Å²) in [5.41, 5.74) is 0. The zero-order valence-corrected chi connectivity index (χ0v) is 14.9. The van der Waals surface area contributed by atoms with E-state index >= 15 is 0 Å². The second kappa shape index (κ2) is 7.70. The molecule has 0 aliphatic rings. The number of halogens is 3. The highest BCUT2D eigenvalue weighted by Crippen LogP contribution is 2.18. The van der Waals surface area contributed by atoms with Crippen LogP contribution in [0, 0.1) is 4.77 Å². The average molecular weight is 429 g/mol. The van der Waals surface area contributed by atoms with Crippen molar-refractivity contribution in [2.75, 3.05) is 0 Å². The number of H-pyrrole nitrogens is 1. The number of nitrogens with zero attached hydrogens (tertiary/aromatic N) is 3. The minimum absolute atomic E-state index is 0.0306. The molecule has 1 aromatic carbocycles. The van der Waals surface area contributed by atoms with E-state index in [1.807, 2.05) is 24.3 Å². The molecular weight excluding hydrogens is 418 g/mol.